The van der Waals surface area contributed by atoms with Gasteiger partial charge in [-0.15, -0.1) is 0 Å². The molecule has 0 unspecified atom stereocenters. The highest BCUT2D eigenvalue weighted by molar-refractivity contribution is 5.77. The second-order valence-corrected chi connectivity index (χ2v) is 4.65. The van der Waals surface area contributed by atoms with Crippen molar-refractivity contribution >= 4 is 5.91 Å². The van der Waals surface area contributed by atoms with Crippen molar-refractivity contribution in [3.63, 3.8) is 0 Å². The molecule has 2 N–H and O–H groups in total. The Morgan fingerprint density at radius 2 is 1.89 bits per heavy atom. The maximum Gasteiger partial charge on any atom is 0.234 e. The Bertz CT molecular complexity index is 346. The average Bonchev–Trinajstić information content (AvgIpc) is 2.38. The van der Waals surface area contributed by atoms with Crippen LogP contribution in [0.1, 0.15) is 37.3 Å². The second-order valence-electron chi connectivity index (χ2n) is 4.65. The van der Waals surface area contributed by atoms with Crippen molar-refractivity contribution in [3.05, 3.63) is 35.4 Å². The molecule has 1 rings (SSSR count). The van der Waals surface area contributed by atoms with Crippen LogP contribution in [-0.2, 0) is 11.3 Å². The van der Waals surface area contributed by atoms with Gasteiger partial charge < -0.3 is 10.6 Å². The molecule has 0 aliphatic rings. The molecule has 1 amide bonds. The first-order chi connectivity index (χ1) is 8.72. The first kappa shape index (κ1) is 14.7. The number of hydrogen-bond acceptors (Lipinski definition) is 2. The smallest absolute Gasteiger partial charge is 0.234 e. The first-order valence-corrected chi connectivity index (χ1v) is 6.75. The van der Waals surface area contributed by atoms with Crippen LogP contribution >= 0.6 is 0 Å². The molecule has 0 atom stereocenters. The maximum atomic E-state index is 11.5. The number of benzene rings is 1. The molecule has 0 fully saturated rings. The molecule has 3 nitrogen and oxygen atoms in total. The summed E-state index contributed by atoms with van der Waals surface area (Å²) >= 11 is 0. The zero-order valence-electron chi connectivity index (χ0n) is 11.5. The summed E-state index contributed by atoms with van der Waals surface area (Å²) in [5.74, 6) is 0.0621. The lowest BCUT2D eigenvalue weighted by atomic mass is 10.1. The topological polar surface area (TPSA) is 41.1 Å². The van der Waals surface area contributed by atoms with Crippen LogP contribution in [0.15, 0.2) is 24.3 Å². The molecule has 0 aromatic heterocycles. The summed E-state index contributed by atoms with van der Waals surface area (Å²) < 4.78 is 0. The van der Waals surface area contributed by atoms with Crippen molar-refractivity contribution in [2.24, 2.45) is 0 Å². The average molecular weight is 248 g/mol. The van der Waals surface area contributed by atoms with Gasteiger partial charge in [-0.1, -0.05) is 49.6 Å². The number of carbonyl (C=O) groups excluding carboxylic acids is 1. The maximum absolute atomic E-state index is 11.5. The van der Waals surface area contributed by atoms with E-state index in [1.807, 2.05) is 12.1 Å². The number of rotatable bonds is 8. The zero-order valence-corrected chi connectivity index (χ0v) is 11.5. The van der Waals surface area contributed by atoms with E-state index in [-0.39, 0.29) is 5.91 Å². The molecule has 0 spiro atoms. The van der Waals surface area contributed by atoms with Crippen molar-refractivity contribution in [3.8, 4) is 0 Å². The van der Waals surface area contributed by atoms with Crippen LogP contribution in [0.25, 0.3) is 0 Å². The van der Waals surface area contributed by atoms with Gasteiger partial charge in [-0.2, -0.15) is 0 Å². The summed E-state index contributed by atoms with van der Waals surface area (Å²) in [5.41, 5.74) is 2.38. The summed E-state index contributed by atoms with van der Waals surface area (Å²) in [6, 6.07) is 8.21. The standard InChI is InChI=1S/C15H24N2O/c1-3-4-5-10-16-12-15(18)17-11-14-8-6-13(2)7-9-14/h6-9,16H,3-5,10-12H2,1-2H3,(H,17,18). The monoisotopic (exact) mass is 248 g/mol. The number of aryl methyl sites for hydroxylation is 1. The van der Waals surface area contributed by atoms with Crippen LogP contribution in [0.2, 0.25) is 0 Å². The molecule has 3 heteroatoms. The van der Waals surface area contributed by atoms with Crippen molar-refractivity contribution < 1.29 is 4.79 Å². The van der Waals surface area contributed by atoms with Gasteiger partial charge in [0.15, 0.2) is 0 Å². The molecule has 18 heavy (non-hydrogen) atoms. The van der Waals surface area contributed by atoms with E-state index in [2.05, 4.69) is 36.6 Å². The summed E-state index contributed by atoms with van der Waals surface area (Å²) in [6.07, 6.45) is 3.57. The van der Waals surface area contributed by atoms with Crippen LogP contribution in [0.3, 0.4) is 0 Å². The Morgan fingerprint density at radius 1 is 1.17 bits per heavy atom. The summed E-state index contributed by atoms with van der Waals surface area (Å²) in [6.45, 7) is 6.17. The Morgan fingerprint density at radius 3 is 2.56 bits per heavy atom. The van der Waals surface area contributed by atoms with E-state index in [0.29, 0.717) is 13.1 Å². The Kier molecular flexibility index (Phi) is 7.11. The van der Waals surface area contributed by atoms with E-state index in [4.69, 9.17) is 0 Å². The van der Waals surface area contributed by atoms with Crippen molar-refractivity contribution in [2.75, 3.05) is 13.1 Å². The minimum Gasteiger partial charge on any atom is -0.351 e. The highest BCUT2D eigenvalue weighted by Gasteiger charge is 2.00. The SMILES string of the molecule is CCCCCNCC(=O)NCc1ccc(C)cc1. The minimum absolute atomic E-state index is 0.0621. The molecular formula is C15H24N2O. The second kappa shape index (κ2) is 8.70. The van der Waals surface area contributed by atoms with E-state index in [9.17, 15) is 4.79 Å². The molecule has 0 saturated carbocycles. The Labute approximate surface area is 110 Å². The minimum atomic E-state index is 0.0621. The number of hydrogen-bond donors (Lipinski definition) is 2. The normalized spacial score (nSPS) is 10.3. The van der Waals surface area contributed by atoms with Gasteiger partial charge in [0, 0.05) is 6.54 Å². The van der Waals surface area contributed by atoms with Gasteiger partial charge in [0.25, 0.3) is 0 Å². The van der Waals surface area contributed by atoms with Crippen molar-refractivity contribution in [2.45, 2.75) is 39.7 Å². The summed E-state index contributed by atoms with van der Waals surface area (Å²) in [4.78, 5) is 11.5. The quantitative estimate of drug-likeness (QED) is 0.694. The van der Waals surface area contributed by atoms with Gasteiger partial charge in [-0.3, -0.25) is 4.79 Å². The van der Waals surface area contributed by atoms with Crippen LogP contribution in [-0.4, -0.2) is 19.0 Å². The number of unbranched alkanes of at least 4 members (excludes halogenated alkanes) is 2. The molecule has 0 radical (unpaired) electrons. The third kappa shape index (κ3) is 6.40. The highest BCUT2D eigenvalue weighted by atomic mass is 16.1. The van der Waals surface area contributed by atoms with E-state index in [1.54, 1.807) is 0 Å². The third-order valence-electron chi connectivity index (χ3n) is 2.85. The molecular weight excluding hydrogens is 224 g/mol. The van der Waals surface area contributed by atoms with Crippen LogP contribution < -0.4 is 10.6 Å². The van der Waals surface area contributed by atoms with E-state index < -0.39 is 0 Å². The fourth-order valence-electron chi connectivity index (χ4n) is 1.67. The molecule has 1 aromatic carbocycles. The number of carbonyl (C=O) groups is 1. The number of nitrogens with one attached hydrogen (secondary N) is 2. The van der Waals surface area contributed by atoms with Crippen molar-refractivity contribution in [1.82, 2.24) is 10.6 Å². The van der Waals surface area contributed by atoms with Gasteiger partial charge in [0.05, 0.1) is 6.54 Å². The molecule has 0 aliphatic carbocycles. The van der Waals surface area contributed by atoms with Gasteiger partial charge >= 0.3 is 0 Å². The lowest BCUT2D eigenvalue weighted by Gasteiger charge is -2.07. The third-order valence-corrected chi connectivity index (χ3v) is 2.85. The molecule has 1 aromatic rings. The predicted molar refractivity (Wildman–Crippen MR) is 75.4 cm³/mol. The Hall–Kier alpha value is -1.35. The fourth-order valence-corrected chi connectivity index (χ4v) is 1.67. The molecule has 0 aliphatic heterocycles. The van der Waals surface area contributed by atoms with Crippen LogP contribution in [0.5, 0.6) is 0 Å². The van der Waals surface area contributed by atoms with Gasteiger partial charge in [0.1, 0.15) is 0 Å². The number of amides is 1. The molecule has 100 valence electrons. The molecule has 0 bridgehead atoms. The van der Waals surface area contributed by atoms with Gasteiger partial charge in [-0.25, -0.2) is 0 Å². The molecule has 0 heterocycles. The highest BCUT2D eigenvalue weighted by Crippen LogP contribution is 2.02. The van der Waals surface area contributed by atoms with Gasteiger partial charge in [-0.05, 0) is 25.5 Å². The predicted octanol–water partition coefficient (Wildman–Crippen LogP) is 2.39. The summed E-state index contributed by atoms with van der Waals surface area (Å²) in [5, 5.41) is 6.06. The van der Waals surface area contributed by atoms with Gasteiger partial charge in [0.2, 0.25) is 5.91 Å². The lowest BCUT2D eigenvalue weighted by molar-refractivity contribution is -0.120. The Balaban J connectivity index is 2.11. The van der Waals surface area contributed by atoms with E-state index >= 15 is 0 Å². The molecule has 0 saturated heterocycles. The van der Waals surface area contributed by atoms with Crippen LogP contribution in [0, 0.1) is 6.92 Å². The summed E-state index contributed by atoms with van der Waals surface area (Å²) in [7, 11) is 0. The van der Waals surface area contributed by atoms with E-state index in [1.165, 1.54) is 18.4 Å². The lowest BCUT2D eigenvalue weighted by Crippen LogP contribution is -2.33. The van der Waals surface area contributed by atoms with E-state index in [0.717, 1.165) is 18.5 Å². The van der Waals surface area contributed by atoms with Crippen LogP contribution in [0.4, 0.5) is 0 Å². The largest absolute Gasteiger partial charge is 0.351 e. The van der Waals surface area contributed by atoms with Crippen molar-refractivity contribution in [1.29, 1.82) is 0 Å². The fraction of sp³-hybridized carbons (Fsp3) is 0.533. The first-order valence-electron chi connectivity index (χ1n) is 6.75. The zero-order chi connectivity index (χ0) is 13.2.